The monoisotopic (exact) mass is 210 g/mol. The average Bonchev–Trinajstić information content (AvgIpc) is 2.02. The molecule has 14 heavy (non-hydrogen) atoms. The van der Waals surface area contributed by atoms with Crippen LogP contribution >= 0.6 is 0 Å². The van der Waals surface area contributed by atoms with E-state index in [2.05, 4.69) is 9.68 Å². The second kappa shape index (κ2) is 4.28. The van der Waals surface area contributed by atoms with Crippen LogP contribution in [0.2, 0.25) is 0 Å². The van der Waals surface area contributed by atoms with E-state index in [4.69, 9.17) is 0 Å². The Balaban J connectivity index is 2.73. The van der Waals surface area contributed by atoms with Crippen LogP contribution in [0.15, 0.2) is 24.3 Å². The summed E-state index contributed by atoms with van der Waals surface area (Å²) in [5.41, 5.74) is 0.259. The lowest BCUT2D eigenvalue weighted by molar-refractivity contribution is -0.274. The topological polar surface area (TPSA) is 18.5 Å². The molecule has 0 atom stereocenters. The number of ether oxygens (including phenoxy) is 1. The van der Waals surface area contributed by atoms with Crippen LogP contribution in [0.1, 0.15) is 5.56 Å². The van der Waals surface area contributed by atoms with Crippen molar-refractivity contribution in [3.63, 3.8) is 0 Å². The molecule has 0 amide bonds. The lowest BCUT2D eigenvalue weighted by atomic mass is 10.2. The highest BCUT2D eigenvalue weighted by atomic mass is 19.4. The predicted octanol–water partition coefficient (Wildman–Crippen LogP) is 2.99. The molecule has 0 aliphatic heterocycles. The number of benzene rings is 1. The van der Waals surface area contributed by atoms with E-state index < -0.39 is 18.7 Å². The first-order valence-corrected chi connectivity index (χ1v) is 3.59. The van der Waals surface area contributed by atoms with Crippen molar-refractivity contribution >= 4 is 0 Å². The Hall–Kier alpha value is -1.30. The third-order valence-electron chi connectivity index (χ3n) is 1.35. The fourth-order valence-electron chi connectivity index (χ4n) is 0.895. The Morgan fingerprint density at radius 3 is 2.50 bits per heavy atom. The number of halogens is 4. The van der Waals surface area contributed by atoms with Gasteiger partial charge in [-0.1, -0.05) is 12.1 Å². The fourth-order valence-corrected chi connectivity index (χ4v) is 0.895. The summed E-state index contributed by atoms with van der Waals surface area (Å²) in [7, 11) is 0. The van der Waals surface area contributed by atoms with Crippen molar-refractivity contribution in [2.24, 2.45) is 0 Å². The number of hydrogen-bond acceptors (Lipinski definition) is 2. The molecule has 0 bridgehead atoms. The molecule has 78 valence electrons. The first kappa shape index (κ1) is 10.8. The molecule has 0 saturated carbocycles. The molecule has 2 nitrogen and oxygen atoms in total. The van der Waals surface area contributed by atoms with Gasteiger partial charge in [0.2, 0.25) is 0 Å². The normalized spacial score (nSPS) is 11.4. The third-order valence-corrected chi connectivity index (χ3v) is 1.35. The summed E-state index contributed by atoms with van der Waals surface area (Å²) in [4.78, 5) is 3.28. The van der Waals surface area contributed by atoms with Crippen LogP contribution in [0, 0.1) is 0 Å². The van der Waals surface area contributed by atoms with Gasteiger partial charge in [-0.3, -0.25) is 0 Å². The second-order valence-electron chi connectivity index (χ2n) is 2.45. The maximum atomic E-state index is 11.7. The van der Waals surface area contributed by atoms with E-state index in [1.165, 1.54) is 12.1 Å². The molecule has 0 aromatic heterocycles. The molecular weight excluding hydrogens is 204 g/mol. The van der Waals surface area contributed by atoms with Crippen LogP contribution in [-0.4, -0.2) is 6.36 Å². The van der Waals surface area contributed by atoms with Gasteiger partial charge in [-0.2, -0.15) is 4.94 Å². The summed E-state index contributed by atoms with van der Waals surface area (Å²) in [6.45, 7) is -0.408. The van der Waals surface area contributed by atoms with Gasteiger partial charge >= 0.3 is 6.36 Å². The third kappa shape index (κ3) is 3.61. The Kier molecular flexibility index (Phi) is 3.29. The van der Waals surface area contributed by atoms with E-state index in [-0.39, 0.29) is 5.56 Å². The molecule has 0 spiro atoms. The SMILES string of the molecule is FOCc1cccc(OC(F)(F)F)c1. The summed E-state index contributed by atoms with van der Waals surface area (Å²) in [5, 5.41) is 0. The minimum Gasteiger partial charge on any atom is -0.406 e. The van der Waals surface area contributed by atoms with E-state index in [0.717, 1.165) is 12.1 Å². The molecule has 1 rings (SSSR count). The van der Waals surface area contributed by atoms with Crippen molar-refractivity contribution < 1.29 is 27.4 Å². The minimum atomic E-state index is -4.74. The van der Waals surface area contributed by atoms with Gasteiger partial charge in [-0.25, -0.2) is 0 Å². The highest BCUT2D eigenvalue weighted by molar-refractivity contribution is 5.28. The Morgan fingerprint density at radius 2 is 1.93 bits per heavy atom. The predicted molar refractivity (Wildman–Crippen MR) is 39.0 cm³/mol. The van der Waals surface area contributed by atoms with E-state index in [1.54, 1.807) is 0 Å². The molecule has 0 fully saturated rings. The van der Waals surface area contributed by atoms with Gasteiger partial charge in [0, 0.05) is 0 Å². The van der Waals surface area contributed by atoms with E-state index in [0.29, 0.717) is 0 Å². The first-order valence-electron chi connectivity index (χ1n) is 3.59. The number of hydrogen-bond donors (Lipinski definition) is 0. The molecule has 0 radical (unpaired) electrons. The van der Waals surface area contributed by atoms with E-state index in [1.807, 2.05) is 0 Å². The zero-order valence-electron chi connectivity index (χ0n) is 6.84. The van der Waals surface area contributed by atoms with E-state index >= 15 is 0 Å². The zero-order chi connectivity index (χ0) is 10.6. The van der Waals surface area contributed by atoms with Gasteiger partial charge in [-0.15, -0.1) is 13.2 Å². The van der Waals surface area contributed by atoms with Crippen molar-refractivity contribution in [2.45, 2.75) is 13.0 Å². The molecule has 1 aromatic rings. The van der Waals surface area contributed by atoms with Gasteiger partial charge in [0.05, 0.1) is 0 Å². The highest BCUT2D eigenvalue weighted by Crippen LogP contribution is 2.23. The molecule has 0 aliphatic rings. The van der Waals surface area contributed by atoms with Crippen LogP contribution in [0.5, 0.6) is 5.75 Å². The Labute approximate surface area is 77.0 Å². The summed E-state index contributed by atoms with van der Waals surface area (Å²) in [6, 6.07) is 4.90. The van der Waals surface area contributed by atoms with E-state index in [9.17, 15) is 17.7 Å². The van der Waals surface area contributed by atoms with Gasteiger partial charge in [0.25, 0.3) is 0 Å². The van der Waals surface area contributed by atoms with Crippen molar-refractivity contribution in [1.29, 1.82) is 0 Å². The number of alkyl halides is 3. The molecule has 0 unspecified atom stereocenters. The Morgan fingerprint density at radius 1 is 1.21 bits per heavy atom. The van der Waals surface area contributed by atoms with Crippen molar-refractivity contribution in [1.82, 2.24) is 0 Å². The molecule has 0 aliphatic carbocycles. The lowest BCUT2D eigenvalue weighted by Gasteiger charge is -2.09. The molecule has 0 N–H and O–H groups in total. The van der Waals surface area contributed by atoms with Gasteiger partial charge in [0.1, 0.15) is 12.4 Å². The standard InChI is InChI=1S/C8H6F4O2/c9-8(10,11)14-7-3-1-2-6(4-7)5-13-12/h1-4H,5H2. The largest absolute Gasteiger partial charge is 0.573 e. The van der Waals surface area contributed by atoms with Gasteiger partial charge in [0.15, 0.2) is 0 Å². The van der Waals surface area contributed by atoms with Crippen LogP contribution in [-0.2, 0) is 11.5 Å². The molecule has 0 heterocycles. The molecular formula is C8H6F4O2. The summed E-state index contributed by atoms with van der Waals surface area (Å²) >= 11 is 0. The molecule has 6 heteroatoms. The molecule has 1 aromatic carbocycles. The summed E-state index contributed by atoms with van der Waals surface area (Å²) in [5.74, 6) is -0.396. The van der Waals surface area contributed by atoms with Crippen molar-refractivity contribution in [3.05, 3.63) is 29.8 Å². The summed E-state index contributed by atoms with van der Waals surface area (Å²) < 4.78 is 50.2. The fraction of sp³-hybridized carbons (Fsp3) is 0.250. The van der Waals surface area contributed by atoms with Crippen molar-refractivity contribution in [2.75, 3.05) is 0 Å². The van der Waals surface area contributed by atoms with Gasteiger partial charge < -0.3 is 4.74 Å². The van der Waals surface area contributed by atoms with Crippen LogP contribution in [0.25, 0.3) is 0 Å². The maximum absolute atomic E-state index is 11.7. The molecule has 0 saturated heterocycles. The number of rotatable bonds is 3. The van der Waals surface area contributed by atoms with Gasteiger partial charge in [-0.05, 0) is 22.2 Å². The highest BCUT2D eigenvalue weighted by Gasteiger charge is 2.31. The quantitative estimate of drug-likeness (QED) is 0.714. The zero-order valence-corrected chi connectivity index (χ0v) is 6.84. The van der Waals surface area contributed by atoms with Crippen LogP contribution in [0.3, 0.4) is 0 Å². The maximum Gasteiger partial charge on any atom is 0.573 e. The summed E-state index contributed by atoms with van der Waals surface area (Å²) in [6.07, 6.45) is -4.74. The minimum absolute atomic E-state index is 0.259. The Bertz CT molecular complexity index is 298. The van der Waals surface area contributed by atoms with Crippen LogP contribution in [0.4, 0.5) is 17.7 Å². The van der Waals surface area contributed by atoms with Crippen molar-refractivity contribution in [3.8, 4) is 5.75 Å². The van der Waals surface area contributed by atoms with Crippen LogP contribution < -0.4 is 4.74 Å². The lowest BCUT2D eigenvalue weighted by Crippen LogP contribution is -2.17. The average molecular weight is 210 g/mol. The second-order valence-corrected chi connectivity index (χ2v) is 2.45. The smallest absolute Gasteiger partial charge is 0.406 e. The first-order chi connectivity index (χ1) is 6.51.